The molecule has 1 fully saturated rings. The minimum Gasteiger partial charge on any atom is -0.495 e. The second-order valence-corrected chi connectivity index (χ2v) is 8.62. The van der Waals surface area contributed by atoms with Gasteiger partial charge in [-0.3, -0.25) is 9.78 Å². The molecule has 0 radical (unpaired) electrons. The number of sulfonamides is 1. The summed E-state index contributed by atoms with van der Waals surface area (Å²) in [4.78, 5) is 18.4. The zero-order valence-corrected chi connectivity index (χ0v) is 17.8. The predicted molar refractivity (Wildman–Crippen MR) is 111 cm³/mol. The monoisotopic (exact) mass is 434 g/mol. The first-order valence-electron chi connectivity index (χ1n) is 9.57. The number of aromatic nitrogens is 1. The maximum absolute atomic E-state index is 13.2. The lowest BCUT2D eigenvalue weighted by Crippen LogP contribution is -2.57. The van der Waals surface area contributed by atoms with Crippen molar-refractivity contribution in [2.45, 2.75) is 23.9 Å². The smallest absolute Gasteiger partial charge is 0.245 e. The third-order valence-electron chi connectivity index (χ3n) is 4.95. The molecule has 10 heteroatoms. The van der Waals surface area contributed by atoms with Crippen LogP contribution in [0.4, 0.5) is 0 Å². The van der Waals surface area contributed by atoms with Crippen LogP contribution < -0.4 is 15.2 Å². The summed E-state index contributed by atoms with van der Waals surface area (Å²) in [7, 11) is -2.69. The van der Waals surface area contributed by atoms with Gasteiger partial charge in [0.05, 0.1) is 26.4 Å². The summed E-state index contributed by atoms with van der Waals surface area (Å²) in [5.74, 6) is -0.194. The van der Waals surface area contributed by atoms with Gasteiger partial charge in [0.25, 0.3) is 0 Å². The number of ether oxygens (including phenoxy) is 2. The fraction of sp³-hybridized carbons (Fsp3) is 0.400. The molecule has 9 nitrogen and oxygen atoms in total. The Labute approximate surface area is 176 Å². The van der Waals surface area contributed by atoms with Crippen molar-refractivity contribution in [2.75, 3.05) is 33.4 Å². The lowest BCUT2D eigenvalue weighted by molar-refractivity contribution is -0.140. The zero-order chi connectivity index (χ0) is 21.7. The summed E-state index contributed by atoms with van der Waals surface area (Å²) in [5, 5.41) is 0. The number of morpholine rings is 1. The molecule has 0 spiro atoms. The van der Waals surface area contributed by atoms with Gasteiger partial charge in [0.15, 0.2) is 0 Å². The first-order valence-corrected chi connectivity index (χ1v) is 11.1. The highest BCUT2D eigenvalue weighted by atomic mass is 32.2. The SMILES string of the molecule is COc1c(-c2ccncc2)cccc1S(=O)(=O)N[C@@H](CN)C(=O)N1CCOC[C@@H]1C. The molecular weight excluding hydrogens is 408 g/mol. The Bertz CT molecular complexity index is 984. The van der Waals surface area contributed by atoms with Crippen LogP contribution in [-0.2, 0) is 19.6 Å². The van der Waals surface area contributed by atoms with Gasteiger partial charge >= 0.3 is 0 Å². The van der Waals surface area contributed by atoms with Gasteiger partial charge in [-0.25, -0.2) is 8.42 Å². The van der Waals surface area contributed by atoms with Gasteiger partial charge < -0.3 is 20.1 Å². The second kappa shape index (κ2) is 9.52. The molecule has 0 saturated carbocycles. The Morgan fingerprint density at radius 1 is 1.37 bits per heavy atom. The molecule has 0 bridgehead atoms. The topological polar surface area (TPSA) is 124 Å². The molecule has 1 saturated heterocycles. The van der Waals surface area contributed by atoms with Crippen LogP contribution in [0.2, 0.25) is 0 Å². The fourth-order valence-corrected chi connectivity index (χ4v) is 4.80. The molecule has 3 rings (SSSR count). The third kappa shape index (κ3) is 4.62. The van der Waals surface area contributed by atoms with Crippen molar-refractivity contribution in [1.82, 2.24) is 14.6 Å². The van der Waals surface area contributed by atoms with Crippen molar-refractivity contribution < 1.29 is 22.7 Å². The van der Waals surface area contributed by atoms with Crippen LogP contribution in [0, 0.1) is 0 Å². The second-order valence-electron chi connectivity index (χ2n) is 6.94. The maximum Gasteiger partial charge on any atom is 0.245 e. The summed E-state index contributed by atoms with van der Waals surface area (Å²) >= 11 is 0. The minimum atomic E-state index is -4.10. The number of nitrogens with one attached hydrogen (secondary N) is 1. The third-order valence-corrected chi connectivity index (χ3v) is 6.44. The number of pyridine rings is 1. The molecule has 3 N–H and O–H groups in total. The zero-order valence-electron chi connectivity index (χ0n) is 16.9. The molecule has 162 valence electrons. The number of amides is 1. The predicted octanol–water partition coefficient (Wildman–Crippen LogP) is 0.610. The Morgan fingerprint density at radius 3 is 2.73 bits per heavy atom. The number of carbonyl (C=O) groups is 1. The summed E-state index contributed by atoms with van der Waals surface area (Å²) in [5.41, 5.74) is 7.11. The standard InChI is InChI=1S/C20H26N4O5S/c1-14-13-29-11-10-24(14)20(25)17(12-21)23-30(26,27)18-5-3-4-16(19(18)28-2)15-6-8-22-9-7-15/h3-9,14,17,23H,10-13,21H2,1-2H3/t14-,17-/m0/s1. The van der Waals surface area contributed by atoms with Crippen molar-refractivity contribution >= 4 is 15.9 Å². The van der Waals surface area contributed by atoms with E-state index in [0.29, 0.717) is 25.3 Å². The van der Waals surface area contributed by atoms with Crippen molar-refractivity contribution in [3.8, 4) is 16.9 Å². The van der Waals surface area contributed by atoms with Crippen molar-refractivity contribution in [2.24, 2.45) is 5.73 Å². The van der Waals surface area contributed by atoms with Crippen LogP contribution in [0.3, 0.4) is 0 Å². The number of para-hydroxylation sites is 1. The van der Waals surface area contributed by atoms with Crippen LogP contribution >= 0.6 is 0 Å². The van der Waals surface area contributed by atoms with E-state index >= 15 is 0 Å². The van der Waals surface area contributed by atoms with E-state index < -0.39 is 16.1 Å². The van der Waals surface area contributed by atoms with Crippen LogP contribution in [0.25, 0.3) is 11.1 Å². The molecule has 30 heavy (non-hydrogen) atoms. The van der Waals surface area contributed by atoms with E-state index in [-0.39, 0.29) is 29.1 Å². The fourth-order valence-electron chi connectivity index (χ4n) is 3.40. The Hall–Kier alpha value is -2.53. The molecule has 1 amide bonds. The van der Waals surface area contributed by atoms with E-state index in [1.807, 2.05) is 6.92 Å². The molecule has 1 aliphatic rings. The molecule has 1 aliphatic heterocycles. The van der Waals surface area contributed by atoms with E-state index in [0.717, 1.165) is 5.56 Å². The Balaban J connectivity index is 1.92. The van der Waals surface area contributed by atoms with Crippen molar-refractivity contribution in [3.63, 3.8) is 0 Å². The first-order chi connectivity index (χ1) is 14.4. The van der Waals surface area contributed by atoms with E-state index in [9.17, 15) is 13.2 Å². The average Bonchev–Trinajstić information content (AvgIpc) is 2.77. The molecule has 1 aromatic heterocycles. The van der Waals surface area contributed by atoms with Gasteiger partial charge in [0.1, 0.15) is 16.7 Å². The van der Waals surface area contributed by atoms with Gasteiger partial charge in [-0.15, -0.1) is 0 Å². The van der Waals surface area contributed by atoms with Crippen LogP contribution in [0.5, 0.6) is 5.75 Å². The molecule has 2 aromatic rings. The van der Waals surface area contributed by atoms with Crippen LogP contribution in [-0.4, -0.2) is 69.7 Å². The van der Waals surface area contributed by atoms with Gasteiger partial charge in [0, 0.05) is 31.0 Å². The van der Waals surface area contributed by atoms with Gasteiger partial charge in [-0.2, -0.15) is 4.72 Å². The van der Waals surface area contributed by atoms with E-state index in [1.54, 1.807) is 41.6 Å². The molecule has 2 heterocycles. The number of nitrogens with two attached hydrogens (primary N) is 1. The van der Waals surface area contributed by atoms with Crippen LogP contribution in [0.1, 0.15) is 6.92 Å². The molecule has 0 unspecified atom stereocenters. The normalized spacial score (nSPS) is 18.1. The van der Waals surface area contributed by atoms with E-state index in [1.165, 1.54) is 13.2 Å². The Morgan fingerprint density at radius 2 is 2.10 bits per heavy atom. The van der Waals surface area contributed by atoms with E-state index in [2.05, 4.69) is 9.71 Å². The van der Waals surface area contributed by atoms with Gasteiger partial charge in [-0.05, 0) is 30.7 Å². The molecular formula is C20H26N4O5S. The lowest BCUT2D eigenvalue weighted by atomic mass is 10.1. The number of benzene rings is 1. The molecule has 1 aromatic carbocycles. The highest BCUT2D eigenvalue weighted by molar-refractivity contribution is 7.89. The number of methoxy groups -OCH3 is 1. The first kappa shape index (κ1) is 22.2. The molecule has 2 atom stereocenters. The van der Waals surface area contributed by atoms with Crippen molar-refractivity contribution in [1.29, 1.82) is 0 Å². The highest BCUT2D eigenvalue weighted by Gasteiger charge is 2.33. The number of hydrogen-bond acceptors (Lipinski definition) is 7. The van der Waals surface area contributed by atoms with Crippen molar-refractivity contribution in [3.05, 3.63) is 42.7 Å². The van der Waals surface area contributed by atoms with Crippen LogP contribution in [0.15, 0.2) is 47.6 Å². The quantitative estimate of drug-likeness (QED) is 0.654. The largest absolute Gasteiger partial charge is 0.495 e. The highest BCUT2D eigenvalue weighted by Crippen LogP contribution is 2.35. The number of carbonyl (C=O) groups excluding carboxylic acids is 1. The summed E-state index contributed by atoms with van der Waals surface area (Å²) in [6.45, 7) is 2.87. The minimum absolute atomic E-state index is 0.0689. The number of rotatable bonds is 7. The average molecular weight is 435 g/mol. The lowest BCUT2D eigenvalue weighted by Gasteiger charge is -2.35. The molecule has 0 aliphatic carbocycles. The summed E-state index contributed by atoms with van der Waals surface area (Å²) in [6.07, 6.45) is 3.22. The summed E-state index contributed by atoms with van der Waals surface area (Å²) < 4.78 is 39.6. The van der Waals surface area contributed by atoms with Gasteiger partial charge in [-0.1, -0.05) is 12.1 Å². The Kier molecular flexibility index (Phi) is 7.03. The number of nitrogens with zero attached hydrogens (tertiary/aromatic N) is 2. The number of hydrogen-bond donors (Lipinski definition) is 2. The van der Waals surface area contributed by atoms with Gasteiger partial charge in [0.2, 0.25) is 15.9 Å². The van der Waals surface area contributed by atoms with E-state index in [4.69, 9.17) is 15.2 Å². The maximum atomic E-state index is 13.2. The summed E-state index contributed by atoms with van der Waals surface area (Å²) in [6, 6.07) is 7.08.